The average Bonchev–Trinajstić information content (AvgIpc) is 2.54. The molecule has 0 amide bonds. The Morgan fingerprint density at radius 1 is 0.952 bits per heavy atom. The molecule has 3 nitrogen and oxygen atoms in total. The fourth-order valence-corrected chi connectivity index (χ4v) is 2.12. The number of nitrogens with one attached hydrogen (secondary N) is 1. The molecule has 3 heteroatoms. The number of methoxy groups -OCH3 is 1. The highest BCUT2D eigenvalue weighted by molar-refractivity contribution is 5.35. The number of benzene rings is 2. The van der Waals surface area contributed by atoms with Gasteiger partial charge in [-0.2, -0.15) is 0 Å². The summed E-state index contributed by atoms with van der Waals surface area (Å²) in [6, 6.07) is 16.0. The summed E-state index contributed by atoms with van der Waals surface area (Å²) in [4.78, 5) is 0. The molecule has 0 spiro atoms. The summed E-state index contributed by atoms with van der Waals surface area (Å²) in [6.07, 6.45) is 1.75. The first kappa shape index (κ1) is 15.1. The van der Waals surface area contributed by atoms with Gasteiger partial charge in [0, 0.05) is 24.2 Å². The second-order valence-electron chi connectivity index (χ2n) is 4.62. The maximum absolute atomic E-state index is 5.65. The van der Waals surface area contributed by atoms with Crippen LogP contribution >= 0.6 is 0 Å². The van der Waals surface area contributed by atoms with Gasteiger partial charge in [0.25, 0.3) is 0 Å². The third kappa shape index (κ3) is 4.36. The fourth-order valence-electron chi connectivity index (χ4n) is 2.12. The van der Waals surface area contributed by atoms with E-state index in [4.69, 9.17) is 9.47 Å². The predicted octanol–water partition coefficient (Wildman–Crippen LogP) is 3.55. The summed E-state index contributed by atoms with van der Waals surface area (Å²) in [5.41, 5.74) is 2.28. The van der Waals surface area contributed by atoms with Crippen LogP contribution < -0.4 is 14.8 Å². The standard InChI is InChI=1S/C18H21NO2/c1-3-12-21-18-11-7-5-9-16(18)14-19-13-15-8-4-6-10-17(15)20-2/h3-11,19H,1,12-14H2,2H3. The summed E-state index contributed by atoms with van der Waals surface area (Å²) < 4.78 is 11.0. The van der Waals surface area contributed by atoms with Crippen LogP contribution in [0, 0.1) is 0 Å². The van der Waals surface area contributed by atoms with Gasteiger partial charge >= 0.3 is 0 Å². The van der Waals surface area contributed by atoms with Crippen molar-refractivity contribution in [2.24, 2.45) is 0 Å². The second kappa shape index (κ2) is 8.12. The smallest absolute Gasteiger partial charge is 0.124 e. The van der Waals surface area contributed by atoms with Gasteiger partial charge in [0.15, 0.2) is 0 Å². The normalized spacial score (nSPS) is 10.1. The van der Waals surface area contributed by atoms with Crippen LogP contribution in [0.1, 0.15) is 11.1 Å². The van der Waals surface area contributed by atoms with E-state index in [-0.39, 0.29) is 0 Å². The van der Waals surface area contributed by atoms with E-state index in [0.29, 0.717) is 6.61 Å². The molecule has 0 aliphatic carbocycles. The van der Waals surface area contributed by atoms with E-state index in [1.165, 1.54) is 0 Å². The molecule has 0 aliphatic rings. The molecule has 0 aliphatic heterocycles. The molecule has 1 N–H and O–H groups in total. The van der Waals surface area contributed by atoms with E-state index in [0.717, 1.165) is 35.7 Å². The van der Waals surface area contributed by atoms with E-state index < -0.39 is 0 Å². The molecule has 0 bridgehead atoms. The van der Waals surface area contributed by atoms with Crippen LogP contribution in [0.25, 0.3) is 0 Å². The average molecular weight is 283 g/mol. The van der Waals surface area contributed by atoms with Gasteiger partial charge in [-0.25, -0.2) is 0 Å². The van der Waals surface area contributed by atoms with Gasteiger partial charge in [-0.1, -0.05) is 49.1 Å². The Kier molecular flexibility index (Phi) is 5.85. The topological polar surface area (TPSA) is 30.5 Å². The summed E-state index contributed by atoms with van der Waals surface area (Å²) in [6.45, 7) is 5.68. The highest BCUT2D eigenvalue weighted by atomic mass is 16.5. The molecule has 0 unspecified atom stereocenters. The van der Waals surface area contributed by atoms with Crippen molar-refractivity contribution in [3.05, 3.63) is 72.3 Å². The number of hydrogen-bond donors (Lipinski definition) is 1. The Morgan fingerprint density at radius 3 is 2.14 bits per heavy atom. The van der Waals surface area contributed by atoms with Crippen LogP contribution in [0.15, 0.2) is 61.2 Å². The van der Waals surface area contributed by atoms with Gasteiger partial charge in [0.05, 0.1) is 7.11 Å². The first-order chi connectivity index (χ1) is 10.3. The molecule has 0 saturated heterocycles. The predicted molar refractivity (Wildman–Crippen MR) is 85.7 cm³/mol. The van der Waals surface area contributed by atoms with E-state index in [1.807, 2.05) is 36.4 Å². The third-order valence-corrected chi connectivity index (χ3v) is 3.15. The SMILES string of the molecule is C=CCOc1ccccc1CNCc1ccccc1OC. The minimum atomic E-state index is 0.517. The van der Waals surface area contributed by atoms with Gasteiger partial charge in [-0.05, 0) is 12.1 Å². The monoisotopic (exact) mass is 283 g/mol. The number of hydrogen-bond acceptors (Lipinski definition) is 3. The van der Waals surface area contributed by atoms with Crippen molar-refractivity contribution in [1.82, 2.24) is 5.32 Å². The van der Waals surface area contributed by atoms with Gasteiger partial charge in [0.1, 0.15) is 18.1 Å². The molecule has 2 aromatic carbocycles. The Bertz CT molecular complexity index is 581. The van der Waals surface area contributed by atoms with Crippen LogP contribution in [0.4, 0.5) is 0 Å². The lowest BCUT2D eigenvalue weighted by Crippen LogP contribution is -2.14. The van der Waals surface area contributed by atoms with Crippen LogP contribution in [0.3, 0.4) is 0 Å². The molecule has 0 saturated carbocycles. The Hall–Kier alpha value is -2.26. The molecule has 21 heavy (non-hydrogen) atoms. The zero-order chi connectivity index (χ0) is 14.9. The molecular weight excluding hydrogens is 262 g/mol. The lowest BCUT2D eigenvalue weighted by molar-refractivity contribution is 0.357. The van der Waals surface area contributed by atoms with Crippen molar-refractivity contribution in [3.8, 4) is 11.5 Å². The minimum Gasteiger partial charge on any atom is -0.496 e. The Labute approximate surface area is 126 Å². The first-order valence-corrected chi connectivity index (χ1v) is 6.99. The molecule has 0 heterocycles. The third-order valence-electron chi connectivity index (χ3n) is 3.15. The van der Waals surface area contributed by atoms with Crippen molar-refractivity contribution < 1.29 is 9.47 Å². The zero-order valence-corrected chi connectivity index (χ0v) is 12.3. The minimum absolute atomic E-state index is 0.517. The van der Waals surface area contributed by atoms with Gasteiger partial charge in [-0.15, -0.1) is 0 Å². The molecule has 0 radical (unpaired) electrons. The van der Waals surface area contributed by atoms with E-state index in [2.05, 4.69) is 24.0 Å². The van der Waals surface area contributed by atoms with Crippen molar-refractivity contribution in [3.63, 3.8) is 0 Å². The van der Waals surface area contributed by atoms with Crippen LogP contribution in [-0.4, -0.2) is 13.7 Å². The van der Waals surface area contributed by atoms with Crippen molar-refractivity contribution in [2.45, 2.75) is 13.1 Å². The number of rotatable bonds is 8. The van der Waals surface area contributed by atoms with Crippen LogP contribution in [-0.2, 0) is 13.1 Å². The number of para-hydroxylation sites is 2. The zero-order valence-electron chi connectivity index (χ0n) is 12.3. The van der Waals surface area contributed by atoms with Gasteiger partial charge in [0.2, 0.25) is 0 Å². The van der Waals surface area contributed by atoms with Gasteiger partial charge < -0.3 is 14.8 Å². The van der Waals surface area contributed by atoms with E-state index >= 15 is 0 Å². The summed E-state index contributed by atoms with van der Waals surface area (Å²) in [7, 11) is 1.69. The van der Waals surface area contributed by atoms with Crippen molar-refractivity contribution in [2.75, 3.05) is 13.7 Å². The first-order valence-electron chi connectivity index (χ1n) is 6.99. The largest absolute Gasteiger partial charge is 0.496 e. The molecule has 2 aromatic rings. The maximum atomic E-state index is 5.65. The number of ether oxygens (including phenoxy) is 2. The molecule has 0 aromatic heterocycles. The Balaban J connectivity index is 1.95. The molecule has 0 atom stereocenters. The van der Waals surface area contributed by atoms with Crippen LogP contribution in [0.5, 0.6) is 11.5 Å². The van der Waals surface area contributed by atoms with Crippen molar-refractivity contribution in [1.29, 1.82) is 0 Å². The van der Waals surface area contributed by atoms with Gasteiger partial charge in [-0.3, -0.25) is 0 Å². The summed E-state index contributed by atoms with van der Waals surface area (Å²) >= 11 is 0. The summed E-state index contributed by atoms with van der Waals surface area (Å²) in [5, 5.41) is 3.42. The quantitative estimate of drug-likeness (QED) is 0.752. The van der Waals surface area contributed by atoms with E-state index in [9.17, 15) is 0 Å². The molecule has 0 fully saturated rings. The highest BCUT2D eigenvalue weighted by Gasteiger charge is 2.04. The summed E-state index contributed by atoms with van der Waals surface area (Å²) in [5.74, 6) is 1.80. The van der Waals surface area contributed by atoms with Crippen molar-refractivity contribution >= 4 is 0 Å². The Morgan fingerprint density at radius 2 is 1.52 bits per heavy atom. The molecule has 110 valence electrons. The van der Waals surface area contributed by atoms with Crippen LogP contribution in [0.2, 0.25) is 0 Å². The van der Waals surface area contributed by atoms with E-state index in [1.54, 1.807) is 13.2 Å². The maximum Gasteiger partial charge on any atom is 0.124 e. The molecule has 2 rings (SSSR count). The lowest BCUT2D eigenvalue weighted by Gasteiger charge is -2.12. The highest BCUT2D eigenvalue weighted by Crippen LogP contribution is 2.19. The lowest BCUT2D eigenvalue weighted by atomic mass is 10.1. The fraction of sp³-hybridized carbons (Fsp3) is 0.222. The molecular formula is C18H21NO2. The second-order valence-corrected chi connectivity index (χ2v) is 4.62.